The number of carbonyl (C=O) groups is 2. The largest absolute Gasteiger partial charge is 0.441 e. The summed E-state index contributed by atoms with van der Waals surface area (Å²) >= 11 is 0. The van der Waals surface area contributed by atoms with Gasteiger partial charge < -0.3 is 14.3 Å². The van der Waals surface area contributed by atoms with Gasteiger partial charge in [0.05, 0.1) is 13.2 Å². The molecule has 2 aliphatic rings. The highest BCUT2D eigenvalue weighted by Gasteiger charge is 2.45. The van der Waals surface area contributed by atoms with Crippen molar-refractivity contribution < 1.29 is 19.1 Å². The van der Waals surface area contributed by atoms with Crippen molar-refractivity contribution in [2.75, 3.05) is 13.2 Å². The van der Waals surface area contributed by atoms with Gasteiger partial charge in [0.15, 0.2) is 0 Å². The Morgan fingerprint density at radius 1 is 0.931 bits per heavy atom. The van der Waals surface area contributed by atoms with Crippen LogP contribution in [0.25, 0.3) is 11.1 Å². The molecule has 4 rings (SSSR count). The molecule has 0 radical (unpaired) electrons. The van der Waals surface area contributed by atoms with Gasteiger partial charge in [0.25, 0.3) is 0 Å². The van der Waals surface area contributed by atoms with E-state index in [1.807, 2.05) is 17.0 Å². The van der Waals surface area contributed by atoms with Crippen LogP contribution in [0.5, 0.6) is 0 Å². The molecule has 2 aromatic carbocycles. The van der Waals surface area contributed by atoms with Crippen molar-refractivity contribution in [1.82, 2.24) is 4.90 Å². The van der Waals surface area contributed by atoms with Crippen LogP contribution in [-0.2, 0) is 27.4 Å². The molecule has 0 aromatic heterocycles. The van der Waals surface area contributed by atoms with Gasteiger partial charge in [-0.2, -0.15) is 0 Å². The zero-order valence-corrected chi connectivity index (χ0v) is 16.6. The van der Waals surface area contributed by atoms with Crippen molar-refractivity contribution >= 4 is 12.4 Å². The Balaban J connectivity index is 1.37. The fourth-order valence-electron chi connectivity index (χ4n) is 4.31. The molecule has 5 heteroatoms. The van der Waals surface area contributed by atoms with E-state index in [1.165, 1.54) is 6.42 Å². The molecular weight excluding hydrogens is 366 g/mol. The third-order valence-electron chi connectivity index (χ3n) is 5.88. The third kappa shape index (κ3) is 4.67. The average molecular weight is 393 g/mol. The number of rotatable bonds is 7. The summed E-state index contributed by atoms with van der Waals surface area (Å²) in [6.45, 7) is 1.86. The Labute approximate surface area is 171 Å². The maximum atomic E-state index is 12.3. The minimum Gasteiger partial charge on any atom is -0.441 e. The van der Waals surface area contributed by atoms with E-state index < -0.39 is 0 Å². The normalized spacial score (nSPS) is 18.1. The standard InChI is InChI=1S/C24H27NO4/c26-14-15-28-17-20-6-10-22(11-7-20)21-8-4-19(5-9-21)16-25-18-24(29-23(25)27)12-2-1-3-13-24/h4-11,14H,1-3,12-13,15-18H2. The summed E-state index contributed by atoms with van der Waals surface area (Å²) in [6.07, 6.45) is 6.10. The Hall–Kier alpha value is -2.66. The van der Waals surface area contributed by atoms with Gasteiger partial charge in [-0.15, -0.1) is 0 Å². The number of aldehydes is 1. The van der Waals surface area contributed by atoms with Crippen LogP contribution in [0.3, 0.4) is 0 Å². The second kappa shape index (κ2) is 8.78. The van der Waals surface area contributed by atoms with E-state index in [-0.39, 0.29) is 18.3 Å². The molecule has 2 aromatic rings. The smallest absolute Gasteiger partial charge is 0.410 e. The van der Waals surface area contributed by atoms with Crippen molar-refractivity contribution in [3.63, 3.8) is 0 Å². The van der Waals surface area contributed by atoms with Crippen LogP contribution in [0.15, 0.2) is 48.5 Å². The Bertz CT molecular complexity index is 838. The van der Waals surface area contributed by atoms with Gasteiger partial charge in [-0.1, -0.05) is 55.0 Å². The molecule has 0 unspecified atom stereocenters. The van der Waals surface area contributed by atoms with Crippen LogP contribution < -0.4 is 0 Å². The predicted molar refractivity (Wildman–Crippen MR) is 110 cm³/mol. The highest BCUT2D eigenvalue weighted by atomic mass is 16.6. The molecule has 1 heterocycles. The molecule has 1 aliphatic carbocycles. The van der Waals surface area contributed by atoms with Crippen molar-refractivity contribution in [2.24, 2.45) is 0 Å². The Morgan fingerprint density at radius 3 is 2.17 bits per heavy atom. The molecule has 2 fully saturated rings. The zero-order chi connectivity index (χ0) is 20.1. The summed E-state index contributed by atoms with van der Waals surface area (Å²) < 4.78 is 11.0. The van der Waals surface area contributed by atoms with Gasteiger partial charge in [0, 0.05) is 6.54 Å². The van der Waals surface area contributed by atoms with Crippen molar-refractivity contribution in [1.29, 1.82) is 0 Å². The number of carbonyl (C=O) groups excluding carboxylic acids is 2. The highest BCUT2D eigenvalue weighted by Crippen LogP contribution is 2.37. The van der Waals surface area contributed by atoms with Gasteiger partial charge in [0.2, 0.25) is 0 Å². The van der Waals surface area contributed by atoms with Gasteiger partial charge >= 0.3 is 6.09 Å². The first-order valence-corrected chi connectivity index (χ1v) is 10.4. The second-order valence-electron chi connectivity index (χ2n) is 8.04. The lowest BCUT2D eigenvalue weighted by atomic mass is 9.85. The fourth-order valence-corrected chi connectivity index (χ4v) is 4.31. The van der Waals surface area contributed by atoms with Crippen molar-refractivity contribution in [3.8, 4) is 11.1 Å². The molecule has 1 saturated heterocycles. The van der Waals surface area contributed by atoms with Crippen LogP contribution in [0, 0.1) is 0 Å². The fraction of sp³-hybridized carbons (Fsp3) is 0.417. The van der Waals surface area contributed by atoms with E-state index in [4.69, 9.17) is 9.47 Å². The average Bonchev–Trinajstić information content (AvgIpc) is 3.04. The molecule has 0 atom stereocenters. The second-order valence-corrected chi connectivity index (χ2v) is 8.04. The topological polar surface area (TPSA) is 55.8 Å². The van der Waals surface area contributed by atoms with Gasteiger partial charge in [0.1, 0.15) is 18.5 Å². The number of ether oxygens (including phenoxy) is 2. The van der Waals surface area contributed by atoms with Crippen LogP contribution in [0.4, 0.5) is 4.79 Å². The first-order valence-electron chi connectivity index (χ1n) is 10.4. The first-order chi connectivity index (χ1) is 14.2. The minimum absolute atomic E-state index is 0.120. The van der Waals surface area contributed by atoms with E-state index in [9.17, 15) is 9.59 Å². The number of hydrogen-bond donors (Lipinski definition) is 0. The first kappa shape index (κ1) is 19.6. The molecule has 1 aliphatic heterocycles. The van der Waals surface area contributed by atoms with Gasteiger partial charge in [-0.25, -0.2) is 4.79 Å². The number of nitrogens with zero attached hydrogens (tertiary/aromatic N) is 1. The molecule has 0 bridgehead atoms. The summed E-state index contributed by atoms with van der Waals surface area (Å²) in [5.41, 5.74) is 4.15. The lowest BCUT2D eigenvalue weighted by Gasteiger charge is -2.30. The predicted octanol–water partition coefficient (Wildman–Crippen LogP) is 4.72. The van der Waals surface area contributed by atoms with E-state index in [0.29, 0.717) is 19.7 Å². The number of benzene rings is 2. The Kier molecular flexibility index (Phi) is 5.95. The summed E-state index contributed by atoms with van der Waals surface area (Å²) in [5.74, 6) is 0. The van der Waals surface area contributed by atoms with E-state index >= 15 is 0 Å². The minimum atomic E-state index is -0.244. The van der Waals surface area contributed by atoms with Crippen molar-refractivity contribution in [3.05, 3.63) is 59.7 Å². The van der Waals surface area contributed by atoms with Crippen LogP contribution >= 0.6 is 0 Å². The molecule has 0 N–H and O–H groups in total. The van der Waals surface area contributed by atoms with E-state index in [1.54, 1.807) is 0 Å². The SMILES string of the molecule is O=CCOCc1ccc(-c2ccc(CN3CC4(CCCCC4)OC3=O)cc2)cc1. The molecule has 29 heavy (non-hydrogen) atoms. The van der Waals surface area contributed by atoms with E-state index in [0.717, 1.165) is 54.2 Å². The molecule has 5 nitrogen and oxygen atoms in total. The third-order valence-corrected chi connectivity index (χ3v) is 5.88. The quantitative estimate of drug-likeness (QED) is 0.504. The van der Waals surface area contributed by atoms with Crippen LogP contribution in [-0.4, -0.2) is 36.0 Å². The van der Waals surface area contributed by atoms with E-state index in [2.05, 4.69) is 36.4 Å². The lowest BCUT2D eigenvalue weighted by Crippen LogP contribution is -2.36. The summed E-state index contributed by atoms with van der Waals surface area (Å²) in [5, 5.41) is 0. The lowest BCUT2D eigenvalue weighted by molar-refractivity contribution is -0.112. The van der Waals surface area contributed by atoms with Crippen molar-refractivity contribution in [2.45, 2.75) is 50.9 Å². The van der Waals surface area contributed by atoms with Crippen LogP contribution in [0.1, 0.15) is 43.2 Å². The number of amides is 1. The summed E-state index contributed by atoms with van der Waals surface area (Å²) in [6, 6.07) is 16.5. The highest BCUT2D eigenvalue weighted by molar-refractivity contribution is 5.71. The van der Waals surface area contributed by atoms with Gasteiger partial charge in [-0.05, 0) is 47.9 Å². The zero-order valence-electron chi connectivity index (χ0n) is 16.6. The molecule has 1 amide bonds. The number of hydrogen-bond acceptors (Lipinski definition) is 4. The summed E-state index contributed by atoms with van der Waals surface area (Å²) in [4.78, 5) is 24.5. The molecule has 152 valence electrons. The Morgan fingerprint density at radius 2 is 1.55 bits per heavy atom. The van der Waals surface area contributed by atoms with Gasteiger partial charge in [-0.3, -0.25) is 4.90 Å². The molecule has 1 saturated carbocycles. The molecule has 1 spiro atoms. The summed E-state index contributed by atoms with van der Waals surface area (Å²) in [7, 11) is 0. The monoisotopic (exact) mass is 393 g/mol. The maximum Gasteiger partial charge on any atom is 0.410 e. The molecular formula is C24H27NO4. The van der Waals surface area contributed by atoms with Crippen LogP contribution in [0.2, 0.25) is 0 Å². The maximum absolute atomic E-state index is 12.3.